The largest absolute Gasteiger partial charge is 0.491 e. The number of aliphatic hydroxyl groups excluding tert-OH is 1. The zero-order valence-corrected chi connectivity index (χ0v) is 16.0. The van der Waals surface area contributed by atoms with E-state index in [-0.39, 0.29) is 12.4 Å². The number of hydrogen-bond donors (Lipinski definition) is 1. The summed E-state index contributed by atoms with van der Waals surface area (Å²) in [5.41, 5.74) is 0.629. The van der Waals surface area contributed by atoms with Crippen LogP contribution in [0, 0.1) is 0 Å². The Kier molecular flexibility index (Phi) is 6.31. The molecular formula is C19H21N3O4S. The second-order valence-corrected chi connectivity index (χ2v) is 6.87. The molecule has 1 atom stereocenters. The maximum Gasteiger partial charge on any atom is 0.200 e. The van der Waals surface area contributed by atoms with E-state index in [2.05, 4.69) is 10.2 Å². The van der Waals surface area contributed by atoms with Gasteiger partial charge < -0.3 is 14.3 Å². The molecule has 3 aromatic rings. The van der Waals surface area contributed by atoms with Crippen LogP contribution in [-0.2, 0) is 6.54 Å². The van der Waals surface area contributed by atoms with Crippen LogP contribution in [0.3, 0.4) is 0 Å². The van der Waals surface area contributed by atoms with Crippen molar-refractivity contribution in [1.29, 1.82) is 0 Å². The molecule has 1 N–H and O–H groups in total. The van der Waals surface area contributed by atoms with Crippen molar-refractivity contribution in [3.05, 3.63) is 48.2 Å². The quantitative estimate of drug-likeness (QED) is 0.445. The molecule has 8 heteroatoms. The fourth-order valence-electron chi connectivity index (χ4n) is 2.47. The molecule has 0 fully saturated rings. The molecular weight excluding hydrogens is 366 g/mol. The first-order valence-corrected chi connectivity index (χ1v) is 9.58. The first-order chi connectivity index (χ1) is 13.1. The molecule has 27 heavy (non-hydrogen) atoms. The minimum Gasteiger partial charge on any atom is -0.491 e. The number of aromatic nitrogens is 3. The molecule has 7 nitrogen and oxygen atoms in total. The van der Waals surface area contributed by atoms with Crippen LogP contribution in [0.4, 0.5) is 0 Å². The van der Waals surface area contributed by atoms with Gasteiger partial charge in [-0.2, -0.15) is 0 Å². The smallest absolute Gasteiger partial charge is 0.200 e. The van der Waals surface area contributed by atoms with E-state index in [0.717, 1.165) is 0 Å². The highest BCUT2D eigenvalue weighted by atomic mass is 32.2. The van der Waals surface area contributed by atoms with Gasteiger partial charge in [0.05, 0.1) is 12.4 Å². The molecule has 1 unspecified atom stereocenters. The molecule has 0 aliphatic carbocycles. The van der Waals surface area contributed by atoms with Crippen LogP contribution >= 0.6 is 11.8 Å². The molecule has 0 amide bonds. The molecule has 0 aliphatic heterocycles. The van der Waals surface area contributed by atoms with Crippen LogP contribution in [-0.4, -0.2) is 44.1 Å². The first kappa shape index (κ1) is 19.2. The van der Waals surface area contributed by atoms with Crippen molar-refractivity contribution in [2.45, 2.75) is 31.7 Å². The van der Waals surface area contributed by atoms with Crippen LogP contribution < -0.4 is 4.74 Å². The Balaban J connectivity index is 1.53. The third-order valence-corrected chi connectivity index (χ3v) is 4.99. The van der Waals surface area contributed by atoms with Crippen molar-refractivity contribution in [2.24, 2.45) is 0 Å². The molecule has 2 heterocycles. The van der Waals surface area contributed by atoms with Gasteiger partial charge in [-0.05, 0) is 50.2 Å². The number of aliphatic hydroxyl groups is 1. The lowest BCUT2D eigenvalue weighted by atomic mass is 10.1. The van der Waals surface area contributed by atoms with Gasteiger partial charge in [0.25, 0.3) is 0 Å². The summed E-state index contributed by atoms with van der Waals surface area (Å²) in [6.45, 7) is 4.37. The molecule has 0 aliphatic rings. The summed E-state index contributed by atoms with van der Waals surface area (Å²) in [4.78, 5) is 11.3. The lowest BCUT2D eigenvalue weighted by Gasteiger charge is -2.12. The van der Waals surface area contributed by atoms with Gasteiger partial charge in [0.15, 0.2) is 22.5 Å². The third kappa shape index (κ3) is 4.78. The highest BCUT2D eigenvalue weighted by Gasteiger charge is 2.16. The van der Waals surface area contributed by atoms with E-state index >= 15 is 0 Å². The maximum atomic E-state index is 11.3. The number of benzene rings is 1. The fourth-order valence-corrected chi connectivity index (χ4v) is 3.37. The summed E-state index contributed by atoms with van der Waals surface area (Å²) < 4.78 is 12.9. The van der Waals surface area contributed by atoms with Gasteiger partial charge in [-0.25, -0.2) is 0 Å². The second kappa shape index (κ2) is 8.88. The summed E-state index contributed by atoms with van der Waals surface area (Å²) in [7, 11) is 0. The molecule has 0 radical (unpaired) electrons. The highest BCUT2D eigenvalue weighted by Crippen LogP contribution is 2.24. The van der Waals surface area contributed by atoms with Crippen LogP contribution in [0.15, 0.2) is 52.2 Å². The van der Waals surface area contributed by atoms with Gasteiger partial charge in [0.2, 0.25) is 0 Å². The number of ether oxygens (including phenoxy) is 1. The van der Waals surface area contributed by atoms with E-state index in [1.165, 1.54) is 18.7 Å². The number of nitrogens with zero attached hydrogens (tertiary/aromatic N) is 3. The summed E-state index contributed by atoms with van der Waals surface area (Å²) in [6.07, 6.45) is 0.928. The van der Waals surface area contributed by atoms with Crippen molar-refractivity contribution < 1.29 is 19.1 Å². The fraction of sp³-hybridized carbons (Fsp3) is 0.316. The van der Waals surface area contributed by atoms with Crippen LogP contribution in [0.25, 0.3) is 11.6 Å². The standard InChI is InChI=1S/C19H21N3O4S/c1-3-22-18(17-5-4-10-25-17)20-21-19(22)27-12-15(24)11-26-16-8-6-14(7-9-16)13(2)23/h4-10,15,24H,3,11-12H2,1-2H3. The van der Waals surface area contributed by atoms with Crippen molar-refractivity contribution in [3.8, 4) is 17.3 Å². The molecule has 2 aromatic heterocycles. The molecule has 0 bridgehead atoms. The van der Waals surface area contributed by atoms with Crippen LogP contribution in [0.5, 0.6) is 5.75 Å². The van der Waals surface area contributed by atoms with Gasteiger partial charge in [-0.1, -0.05) is 11.8 Å². The number of hydrogen-bond acceptors (Lipinski definition) is 7. The normalized spacial score (nSPS) is 12.1. The number of carbonyl (C=O) groups excluding carboxylic acids is 1. The predicted molar refractivity (Wildman–Crippen MR) is 102 cm³/mol. The lowest BCUT2D eigenvalue weighted by Crippen LogP contribution is -2.20. The SMILES string of the molecule is CCn1c(SCC(O)COc2ccc(C(C)=O)cc2)nnc1-c1ccco1. The summed E-state index contributed by atoms with van der Waals surface area (Å²) in [5.74, 6) is 2.37. The highest BCUT2D eigenvalue weighted by molar-refractivity contribution is 7.99. The molecule has 0 saturated carbocycles. The van der Waals surface area contributed by atoms with Gasteiger partial charge >= 0.3 is 0 Å². The summed E-state index contributed by atoms with van der Waals surface area (Å²) in [5, 5.41) is 19.3. The van der Waals surface area contributed by atoms with Gasteiger partial charge in [0.1, 0.15) is 12.4 Å². The van der Waals surface area contributed by atoms with E-state index in [9.17, 15) is 9.90 Å². The molecule has 0 saturated heterocycles. The maximum absolute atomic E-state index is 11.3. The van der Waals surface area contributed by atoms with E-state index in [1.807, 2.05) is 17.6 Å². The minimum absolute atomic E-state index is 0.00642. The number of Topliss-reactive ketones (excluding diaryl/α,β-unsaturated/α-hetero) is 1. The number of rotatable bonds is 9. The zero-order valence-electron chi connectivity index (χ0n) is 15.2. The Morgan fingerprint density at radius 1 is 1.30 bits per heavy atom. The number of furan rings is 1. The third-order valence-electron chi connectivity index (χ3n) is 3.88. The predicted octanol–water partition coefficient (Wildman–Crippen LogP) is 3.29. The number of thioether (sulfide) groups is 1. The van der Waals surface area contributed by atoms with Gasteiger partial charge in [-0.3, -0.25) is 9.36 Å². The van der Waals surface area contributed by atoms with E-state index in [1.54, 1.807) is 36.6 Å². The Labute approximate surface area is 161 Å². The zero-order chi connectivity index (χ0) is 19.2. The first-order valence-electron chi connectivity index (χ1n) is 8.60. The number of ketones is 1. The van der Waals surface area contributed by atoms with Gasteiger partial charge in [0, 0.05) is 17.9 Å². The van der Waals surface area contributed by atoms with Crippen LogP contribution in [0.1, 0.15) is 24.2 Å². The second-order valence-electron chi connectivity index (χ2n) is 5.88. The Morgan fingerprint density at radius 3 is 2.70 bits per heavy atom. The van der Waals surface area contributed by atoms with E-state index in [0.29, 0.717) is 40.4 Å². The van der Waals surface area contributed by atoms with E-state index in [4.69, 9.17) is 9.15 Å². The van der Waals surface area contributed by atoms with Gasteiger partial charge in [-0.15, -0.1) is 10.2 Å². The van der Waals surface area contributed by atoms with Crippen molar-refractivity contribution in [1.82, 2.24) is 14.8 Å². The monoisotopic (exact) mass is 387 g/mol. The average Bonchev–Trinajstić information content (AvgIpc) is 3.33. The topological polar surface area (TPSA) is 90.4 Å². The molecule has 3 rings (SSSR count). The molecule has 1 aromatic carbocycles. The average molecular weight is 387 g/mol. The lowest BCUT2D eigenvalue weighted by molar-refractivity contribution is 0.101. The van der Waals surface area contributed by atoms with Crippen molar-refractivity contribution in [3.63, 3.8) is 0 Å². The Morgan fingerprint density at radius 2 is 2.07 bits per heavy atom. The van der Waals surface area contributed by atoms with Crippen molar-refractivity contribution >= 4 is 17.5 Å². The Bertz CT molecular complexity index is 875. The summed E-state index contributed by atoms with van der Waals surface area (Å²) in [6, 6.07) is 10.5. The summed E-state index contributed by atoms with van der Waals surface area (Å²) >= 11 is 1.41. The molecule has 142 valence electrons. The van der Waals surface area contributed by atoms with Crippen LogP contribution in [0.2, 0.25) is 0 Å². The Hall–Kier alpha value is -2.58. The van der Waals surface area contributed by atoms with Crippen molar-refractivity contribution in [2.75, 3.05) is 12.4 Å². The van der Waals surface area contributed by atoms with E-state index < -0.39 is 6.10 Å². The number of carbonyl (C=O) groups is 1. The minimum atomic E-state index is -0.670. The molecule has 0 spiro atoms.